The number of hydrogen-bond donors (Lipinski definition) is 0. The maximum Gasteiger partial charge on any atom is -0.0120 e. The Balaban J connectivity index is 2.42. The molecule has 14 heavy (non-hydrogen) atoms. The third-order valence-electron chi connectivity index (χ3n) is 2.52. The predicted molar refractivity (Wildman–Crippen MR) is 62.6 cm³/mol. The maximum absolute atomic E-state index is 3.31. The number of rotatable bonds is 5. The summed E-state index contributed by atoms with van der Waals surface area (Å²) in [5.74, 6) is 0. The SMILES string of the molecule is CCCCCCc1cc(C)[c]c(C)c1. The van der Waals surface area contributed by atoms with Crippen molar-refractivity contribution in [2.75, 3.05) is 0 Å². The molecule has 1 radical (unpaired) electrons. The summed E-state index contributed by atoms with van der Waals surface area (Å²) in [5.41, 5.74) is 4.03. The molecule has 0 heteroatoms. The van der Waals surface area contributed by atoms with Gasteiger partial charge in [0.05, 0.1) is 0 Å². The Morgan fingerprint density at radius 2 is 1.64 bits per heavy atom. The van der Waals surface area contributed by atoms with Crippen LogP contribution in [0.5, 0.6) is 0 Å². The third-order valence-corrected chi connectivity index (χ3v) is 2.52. The van der Waals surface area contributed by atoms with Crippen LogP contribution in [0.3, 0.4) is 0 Å². The molecule has 0 saturated heterocycles. The molecule has 0 fully saturated rings. The van der Waals surface area contributed by atoms with Crippen molar-refractivity contribution in [2.24, 2.45) is 0 Å². The van der Waals surface area contributed by atoms with Crippen molar-refractivity contribution in [2.45, 2.75) is 52.9 Å². The molecular formula is C14H21. The largest absolute Gasteiger partial charge is 0.0654 e. The van der Waals surface area contributed by atoms with Gasteiger partial charge < -0.3 is 0 Å². The van der Waals surface area contributed by atoms with E-state index in [2.05, 4.69) is 39.0 Å². The molecule has 1 aromatic carbocycles. The number of aryl methyl sites for hydroxylation is 3. The van der Waals surface area contributed by atoms with Crippen LogP contribution in [0, 0.1) is 19.9 Å². The fourth-order valence-electron chi connectivity index (χ4n) is 1.88. The van der Waals surface area contributed by atoms with E-state index in [4.69, 9.17) is 0 Å². The van der Waals surface area contributed by atoms with Gasteiger partial charge in [0.15, 0.2) is 0 Å². The molecule has 0 spiro atoms. The number of benzene rings is 1. The normalized spacial score (nSPS) is 10.5. The Morgan fingerprint density at radius 3 is 2.21 bits per heavy atom. The highest BCUT2D eigenvalue weighted by molar-refractivity contribution is 5.27. The molecule has 0 atom stereocenters. The van der Waals surface area contributed by atoms with Crippen LogP contribution in [0.4, 0.5) is 0 Å². The summed E-state index contributed by atoms with van der Waals surface area (Å²) >= 11 is 0. The Bertz CT molecular complexity index is 253. The molecule has 1 rings (SSSR count). The fourth-order valence-corrected chi connectivity index (χ4v) is 1.88. The van der Waals surface area contributed by atoms with E-state index in [0.717, 1.165) is 0 Å². The van der Waals surface area contributed by atoms with E-state index in [1.807, 2.05) is 0 Å². The van der Waals surface area contributed by atoms with Crippen LogP contribution in [-0.2, 0) is 6.42 Å². The molecule has 0 aromatic heterocycles. The minimum Gasteiger partial charge on any atom is -0.0654 e. The van der Waals surface area contributed by atoms with Crippen LogP contribution in [0.1, 0.15) is 49.3 Å². The topological polar surface area (TPSA) is 0 Å². The number of unbranched alkanes of at least 4 members (excludes halogenated alkanes) is 3. The van der Waals surface area contributed by atoms with Crippen molar-refractivity contribution in [3.05, 3.63) is 34.9 Å². The second-order valence-electron chi connectivity index (χ2n) is 4.17. The van der Waals surface area contributed by atoms with Crippen molar-refractivity contribution in [1.29, 1.82) is 0 Å². The second-order valence-corrected chi connectivity index (χ2v) is 4.17. The molecule has 0 aliphatic heterocycles. The van der Waals surface area contributed by atoms with Crippen molar-refractivity contribution >= 4 is 0 Å². The Labute approximate surface area is 88.4 Å². The molecule has 0 heterocycles. The van der Waals surface area contributed by atoms with Gasteiger partial charge in [-0.15, -0.1) is 0 Å². The van der Waals surface area contributed by atoms with Gasteiger partial charge in [-0.05, 0) is 49.4 Å². The lowest BCUT2D eigenvalue weighted by Gasteiger charge is -2.04. The van der Waals surface area contributed by atoms with Crippen LogP contribution in [-0.4, -0.2) is 0 Å². The van der Waals surface area contributed by atoms with Gasteiger partial charge in [0.2, 0.25) is 0 Å². The minimum atomic E-state index is 1.23. The zero-order valence-electron chi connectivity index (χ0n) is 9.69. The van der Waals surface area contributed by atoms with Gasteiger partial charge in [-0.2, -0.15) is 0 Å². The van der Waals surface area contributed by atoms with Gasteiger partial charge in [0.25, 0.3) is 0 Å². The van der Waals surface area contributed by atoms with Crippen molar-refractivity contribution < 1.29 is 0 Å². The summed E-state index contributed by atoms with van der Waals surface area (Å²) in [6, 6.07) is 7.84. The number of hydrogen-bond acceptors (Lipinski definition) is 0. The first-order chi connectivity index (χ1) is 6.72. The highest BCUT2D eigenvalue weighted by Gasteiger charge is 1.96. The molecule has 0 amide bonds. The summed E-state index contributed by atoms with van der Waals surface area (Å²) in [5, 5.41) is 0. The van der Waals surface area contributed by atoms with E-state index in [9.17, 15) is 0 Å². The predicted octanol–water partition coefficient (Wildman–Crippen LogP) is 4.23. The standard InChI is InChI=1S/C14H21/c1-4-5-6-7-8-14-10-12(2)9-13(3)11-14/h10-11H,4-8H2,1-3H3. The molecule has 77 valence electrons. The van der Waals surface area contributed by atoms with E-state index in [-0.39, 0.29) is 0 Å². The highest BCUT2D eigenvalue weighted by atomic mass is 14.0. The monoisotopic (exact) mass is 189 g/mol. The summed E-state index contributed by atoms with van der Waals surface area (Å²) in [6.45, 7) is 6.51. The lowest BCUT2D eigenvalue weighted by molar-refractivity contribution is 0.666. The summed E-state index contributed by atoms with van der Waals surface area (Å²) in [4.78, 5) is 0. The third kappa shape index (κ3) is 3.95. The quantitative estimate of drug-likeness (QED) is 0.608. The van der Waals surface area contributed by atoms with Crippen LogP contribution in [0.15, 0.2) is 12.1 Å². The average Bonchev–Trinajstić information content (AvgIpc) is 2.11. The Hall–Kier alpha value is -0.780. The summed E-state index contributed by atoms with van der Waals surface area (Å²) in [7, 11) is 0. The first kappa shape index (κ1) is 11.3. The molecule has 0 aliphatic carbocycles. The molecular weight excluding hydrogens is 168 g/mol. The van der Waals surface area contributed by atoms with Crippen LogP contribution in [0.2, 0.25) is 0 Å². The van der Waals surface area contributed by atoms with E-state index in [0.29, 0.717) is 0 Å². The molecule has 0 unspecified atom stereocenters. The van der Waals surface area contributed by atoms with E-state index in [1.54, 1.807) is 0 Å². The van der Waals surface area contributed by atoms with Crippen LogP contribution in [0.25, 0.3) is 0 Å². The van der Waals surface area contributed by atoms with Gasteiger partial charge in [-0.25, -0.2) is 0 Å². The lowest BCUT2D eigenvalue weighted by atomic mass is 10.0. The van der Waals surface area contributed by atoms with E-state index < -0.39 is 0 Å². The van der Waals surface area contributed by atoms with Gasteiger partial charge in [-0.1, -0.05) is 38.3 Å². The van der Waals surface area contributed by atoms with Crippen LogP contribution < -0.4 is 0 Å². The van der Waals surface area contributed by atoms with Crippen molar-refractivity contribution in [3.8, 4) is 0 Å². The minimum absolute atomic E-state index is 1.23. The molecule has 0 N–H and O–H groups in total. The zero-order chi connectivity index (χ0) is 10.4. The van der Waals surface area contributed by atoms with E-state index in [1.165, 1.54) is 48.8 Å². The van der Waals surface area contributed by atoms with Gasteiger partial charge in [0.1, 0.15) is 0 Å². The maximum atomic E-state index is 3.31. The van der Waals surface area contributed by atoms with Crippen molar-refractivity contribution in [3.63, 3.8) is 0 Å². The summed E-state index contributed by atoms with van der Waals surface area (Å²) < 4.78 is 0. The lowest BCUT2D eigenvalue weighted by Crippen LogP contribution is -1.89. The fraction of sp³-hybridized carbons (Fsp3) is 0.571. The van der Waals surface area contributed by atoms with Gasteiger partial charge in [-0.3, -0.25) is 0 Å². The first-order valence-corrected chi connectivity index (χ1v) is 5.72. The van der Waals surface area contributed by atoms with Crippen molar-refractivity contribution in [1.82, 2.24) is 0 Å². The summed E-state index contributed by atoms with van der Waals surface area (Å²) in [6.07, 6.45) is 6.62. The average molecular weight is 189 g/mol. The zero-order valence-corrected chi connectivity index (χ0v) is 9.69. The molecule has 0 aliphatic rings. The smallest absolute Gasteiger partial charge is 0.0120 e. The Morgan fingerprint density at radius 1 is 1.00 bits per heavy atom. The second kappa shape index (κ2) is 5.85. The highest BCUT2D eigenvalue weighted by Crippen LogP contribution is 2.12. The van der Waals surface area contributed by atoms with E-state index >= 15 is 0 Å². The Kier molecular flexibility index (Phi) is 4.72. The molecule has 0 bridgehead atoms. The van der Waals surface area contributed by atoms with Crippen LogP contribution >= 0.6 is 0 Å². The molecule has 0 nitrogen and oxygen atoms in total. The van der Waals surface area contributed by atoms with Gasteiger partial charge >= 0.3 is 0 Å². The first-order valence-electron chi connectivity index (χ1n) is 5.72. The van der Waals surface area contributed by atoms with Gasteiger partial charge in [0, 0.05) is 0 Å². The molecule has 1 aromatic rings. The molecule has 0 saturated carbocycles.